The van der Waals surface area contributed by atoms with Crippen molar-refractivity contribution in [2.75, 3.05) is 5.73 Å². The first-order chi connectivity index (χ1) is 6.50. The van der Waals surface area contributed by atoms with Gasteiger partial charge in [0.25, 0.3) is 0 Å². The van der Waals surface area contributed by atoms with Crippen molar-refractivity contribution in [1.82, 2.24) is 0 Å². The first kappa shape index (κ1) is 10.2. The van der Waals surface area contributed by atoms with E-state index in [0.29, 0.717) is 0 Å². The molecule has 0 aliphatic carbocycles. The van der Waals surface area contributed by atoms with Gasteiger partial charge < -0.3 is 10.5 Å². The topological polar surface area (TPSA) is 69.4 Å². The lowest BCUT2D eigenvalue weighted by molar-refractivity contribution is -0.135. The van der Waals surface area contributed by atoms with Gasteiger partial charge in [-0.15, -0.1) is 0 Å². The molecule has 0 fully saturated rings. The van der Waals surface area contributed by atoms with E-state index in [1.54, 1.807) is 0 Å². The van der Waals surface area contributed by atoms with E-state index in [9.17, 15) is 14.0 Å². The minimum atomic E-state index is -1.04. The number of halogens is 1. The second kappa shape index (κ2) is 3.87. The van der Waals surface area contributed by atoms with Gasteiger partial charge in [-0.05, 0) is 18.2 Å². The fourth-order valence-corrected chi connectivity index (χ4v) is 0.885. The van der Waals surface area contributed by atoms with E-state index in [-0.39, 0.29) is 11.3 Å². The normalized spacial score (nSPS) is 9.57. The Morgan fingerprint density at radius 1 is 1.43 bits per heavy atom. The van der Waals surface area contributed by atoms with Crippen LogP contribution in [0.4, 0.5) is 10.1 Å². The van der Waals surface area contributed by atoms with E-state index in [1.165, 1.54) is 6.07 Å². The Kier molecular flexibility index (Phi) is 2.81. The first-order valence-corrected chi connectivity index (χ1v) is 3.78. The van der Waals surface area contributed by atoms with Gasteiger partial charge in [0, 0.05) is 12.6 Å². The third-order valence-corrected chi connectivity index (χ3v) is 1.45. The van der Waals surface area contributed by atoms with Gasteiger partial charge in [0.15, 0.2) is 0 Å². The fourth-order valence-electron chi connectivity index (χ4n) is 0.885. The van der Waals surface area contributed by atoms with Crippen molar-refractivity contribution >= 4 is 17.6 Å². The molecule has 0 unspecified atom stereocenters. The smallest absolute Gasteiger partial charge is 0.348 e. The molecule has 2 N–H and O–H groups in total. The molecule has 0 aliphatic rings. The Balaban J connectivity index is 3.00. The Morgan fingerprint density at radius 3 is 2.64 bits per heavy atom. The van der Waals surface area contributed by atoms with Crippen molar-refractivity contribution in [2.45, 2.75) is 6.92 Å². The minimum Gasteiger partial charge on any atom is -0.399 e. The first-order valence-electron chi connectivity index (χ1n) is 3.78. The third-order valence-electron chi connectivity index (χ3n) is 1.45. The number of carbonyl (C=O) groups is 2. The molecular weight excluding hydrogens is 189 g/mol. The number of hydrogen-bond donors (Lipinski definition) is 1. The summed E-state index contributed by atoms with van der Waals surface area (Å²) >= 11 is 0. The van der Waals surface area contributed by atoms with Gasteiger partial charge in [-0.1, -0.05) is 0 Å². The molecule has 14 heavy (non-hydrogen) atoms. The number of esters is 2. The molecule has 0 spiro atoms. The van der Waals surface area contributed by atoms with Gasteiger partial charge in [0.05, 0.1) is 5.56 Å². The van der Waals surface area contributed by atoms with Crippen molar-refractivity contribution in [3.8, 4) is 0 Å². The predicted molar refractivity (Wildman–Crippen MR) is 46.9 cm³/mol. The lowest BCUT2D eigenvalue weighted by Crippen LogP contribution is -2.11. The quantitative estimate of drug-likeness (QED) is 0.416. The molecule has 0 radical (unpaired) electrons. The standard InChI is InChI=1S/C9H8FNO3/c1-5(12)14-9(13)7-4-6(11)2-3-8(7)10/h2-4H,11H2,1H3. The van der Waals surface area contributed by atoms with Gasteiger partial charge >= 0.3 is 11.9 Å². The van der Waals surface area contributed by atoms with Crippen molar-refractivity contribution < 1.29 is 18.7 Å². The molecule has 0 amide bonds. The second-order valence-corrected chi connectivity index (χ2v) is 2.62. The lowest BCUT2D eigenvalue weighted by atomic mass is 10.2. The van der Waals surface area contributed by atoms with Gasteiger partial charge in [0.1, 0.15) is 5.82 Å². The van der Waals surface area contributed by atoms with Crippen molar-refractivity contribution in [2.24, 2.45) is 0 Å². The van der Waals surface area contributed by atoms with Crippen LogP contribution in [0.5, 0.6) is 0 Å². The van der Waals surface area contributed by atoms with E-state index in [4.69, 9.17) is 5.73 Å². The maximum atomic E-state index is 13.0. The van der Waals surface area contributed by atoms with Crippen LogP contribution in [0.1, 0.15) is 17.3 Å². The van der Waals surface area contributed by atoms with Crippen LogP contribution in [0.25, 0.3) is 0 Å². The molecule has 0 aromatic heterocycles. The average molecular weight is 197 g/mol. The van der Waals surface area contributed by atoms with E-state index in [0.717, 1.165) is 19.1 Å². The summed E-state index contributed by atoms with van der Waals surface area (Å²) in [5.74, 6) is -2.61. The van der Waals surface area contributed by atoms with Gasteiger partial charge in [0.2, 0.25) is 0 Å². The largest absolute Gasteiger partial charge is 0.399 e. The summed E-state index contributed by atoms with van der Waals surface area (Å²) < 4.78 is 17.2. The molecule has 1 aromatic carbocycles. The van der Waals surface area contributed by atoms with Crippen LogP contribution in [0.15, 0.2) is 18.2 Å². The summed E-state index contributed by atoms with van der Waals surface area (Å²) in [4.78, 5) is 21.5. The monoisotopic (exact) mass is 197 g/mol. The highest BCUT2D eigenvalue weighted by Crippen LogP contribution is 2.13. The highest BCUT2D eigenvalue weighted by Gasteiger charge is 2.14. The molecule has 4 nitrogen and oxygen atoms in total. The molecule has 74 valence electrons. The minimum absolute atomic E-state index is 0.224. The number of hydrogen-bond acceptors (Lipinski definition) is 4. The summed E-state index contributed by atoms with van der Waals surface area (Å²) in [7, 11) is 0. The molecule has 1 aromatic rings. The molecule has 0 atom stereocenters. The highest BCUT2D eigenvalue weighted by atomic mass is 19.1. The maximum absolute atomic E-state index is 13.0. The second-order valence-electron chi connectivity index (χ2n) is 2.62. The van der Waals surface area contributed by atoms with Gasteiger partial charge in [-0.25, -0.2) is 9.18 Å². The summed E-state index contributed by atoms with van der Waals surface area (Å²) in [6.45, 7) is 1.06. The third kappa shape index (κ3) is 2.29. The summed E-state index contributed by atoms with van der Waals surface area (Å²) in [5, 5.41) is 0. The van der Waals surface area contributed by atoms with E-state index >= 15 is 0 Å². The lowest BCUT2D eigenvalue weighted by Gasteiger charge is -2.02. The molecule has 0 saturated carbocycles. The number of carbonyl (C=O) groups excluding carboxylic acids is 2. The van der Waals surface area contributed by atoms with Crippen LogP contribution in [-0.4, -0.2) is 11.9 Å². The van der Waals surface area contributed by atoms with Crippen LogP contribution in [0.3, 0.4) is 0 Å². The number of ether oxygens (including phenoxy) is 1. The fraction of sp³-hybridized carbons (Fsp3) is 0.111. The van der Waals surface area contributed by atoms with Gasteiger partial charge in [-0.3, -0.25) is 4.79 Å². The van der Waals surface area contributed by atoms with Crippen molar-refractivity contribution in [1.29, 1.82) is 0 Å². The van der Waals surface area contributed by atoms with Crippen molar-refractivity contribution in [3.05, 3.63) is 29.6 Å². The molecule has 0 aliphatic heterocycles. The molecular formula is C9H8FNO3. The molecule has 0 bridgehead atoms. The Morgan fingerprint density at radius 2 is 2.07 bits per heavy atom. The molecule has 5 heteroatoms. The highest BCUT2D eigenvalue weighted by molar-refractivity contribution is 5.97. The van der Waals surface area contributed by atoms with E-state index < -0.39 is 17.8 Å². The Labute approximate surface area is 79.5 Å². The van der Waals surface area contributed by atoms with Crippen LogP contribution in [0, 0.1) is 5.82 Å². The maximum Gasteiger partial charge on any atom is 0.348 e. The van der Waals surface area contributed by atoms with Crippen LogP contribution in [0.2, 0.25) is 0 Å². The number of nitrogens with two attached hydrogens (primary N) is 1. The number of rotatable bonds is 1. The van der Waals surface area contributed by atoms with E-state index in [2.05, 4.69) is 4.74 Å². The molecule has 1 rings (SSSR count). The van der Waals surface area contributed by atoms with Crippen molar-refractivity contribution in [3.63, 3.8) is 0 Å². The number of benzene rings is 1. The number of nitrogen functional groups attached to an aromatic ring is 1. The zero-order chi connectivity index (χ0) is 10.7. The SMILES string of the molecule is CC(=O)OC(=O)c1cc(N)ccc1F. The Bertz CT molecular complexity index is 390. The molecule has 0 heterocycles. The number of anilines is 1. The van der Waals surface area contributed by atoms with Gasteiger partial charge in [-0.2, -0.15) is 0 Å². The Hall–Kier alpha value is -1.91. The average Bonchev–Trinajstić information content (AvgIpc) is 2.08. The summed E-state index contributed by atoms with van der Waals surface area (Å²) in [6.07, 6.45) is 0. The van der Waals surface area contributed by atoms with E-state index in [1.807, 2.05) is 0 Å². The van der Waals surface area contributed by atoms with Crippen LogP contribution < -0.4 is 5.73 Å². The zero-order valence-corrected chi connectivity index (χ0v) is 7.41. The summed E-state index contributed by atoms with van der Waals surface area (Å²) in [6, 6.07) is 3.45. The van der Waals surface area contributed by atoms with Crippen LogP contribution in [-0.2, 0) is 9.53 Å². The predicted octanol–water partition coefficient (Wildman–Crippen LogP) is 1.11. The van der Waals surface area contributed by atoms with Crippen LogP contribution >= 0.6 is 0 Å². The summed E-state index contributed by atoms with van der Waals surface area (Å²) in [5.41, 5.74) is 5.21. The zero-order valence-electron chi connectivity index (χ0n) is 7.41. The molecule has 0 saturated heterocycles.